The molecule has 0 aromatic carbocycles. The Kier molecular flexibility index (Phi) is 6.88. The molecule has 0 bridgehead atoms. The maximum absolute atomic E-state index is 11.4. The number of imide groups is 1. The molecule has 1 aliphatic heterocycles. The summed E-state index contributed by atoms with van der Waals surface area (Å²) in [6.45, 7) is 1.86. The van der Waals surface area contributed by atoms with Crippen molar-refractivity contribution in [3.8, 4) is 0 Å². The maximum atomic E-state index is 11.4. The third-order valence-corrected chi connectivity index (χ3v) is 2.87. The average molecular weight is 272 g/mol. The van der Waals surface area contributed by atoms with Crippen molar-refractivity contribution < 1.29 is 24.2 Å². The number of hydrogen-bond donors (Lipinski definition) is 3. The van der Waals surface area contributed by atoms with Crippen molar-refractivity contribution in [1.29, 1.82) is 0 Å². The van der Waals surface area contributed by atoms with Gasteiger partial charge in [0.25, 0.3) is 0 Å². The molecule has 108 valence electrons. The van der Waals surface area contributed by atoms with E-state index in [-0.39, 0.29) is 18.7 Å². The van der Waals surface area contributed by atoms with Crippen molar-refractivity contribution in [3.63, 3.8) is 0 Å². The van der Waals surface area contributed by atoms with Crippen molar-refractivity contribution in [2.24, 2.45) is 5.92 Å². The van der Waals surface area contributed by atoms with E-state index in [1.807, 2.05) is 0 Å². The van der Waals surface area contributed by atoms with E-state index in [1.165, 1.54) is 0 Å². The van der Waals surface area contributed by atoms with Gasteiger partial charge >= 0.3 is 12.0 Å². The molecule has 0 saturated carbocycles. The number of urea groups is 1. The molecule has 0 aromatic heterocycles. The molecule has 1 unspecified atom stereocenters. The highest BCUT2D eigenvalue weighted by molar-refractivity contribution is 5.94. The van der Waals surface area contributed by atoms with Gasteiger partial charge in [0.05, 0.1) is 6.61 Å². The molecule has 1 atom stereocenters. The molecular weight excluding hydrogens is 252 g/mol. The second-order valence-corrected chi connectivity index (χ2v) is 4.59. The molecule has 0 aliphatic carbocycles. The predicted molar refractivity (Wildman–Crippen MR) is 66.6 cm³/mol. The topological polar surface area (TPSA) is 105 Å². The SMILES string of the molecule is O=C(O)CCCCC(=O)NC(=O)NCC1CCOC1. The third kappa shape index (κ3) is 7.40. The first-order valence-corrected chi connectivity index (χ1v) is 6.45. The Bertz CT molecular complexity index is 326. The van der Waals surface area contributed by atoms with E-state index < -0.39 is 12.0 Å². The van der Waals surface area contributed by atoms with Gasteiger partial charge in [0.15, 0.2) is 0 Å². The van der Waals surface area contributed by atoms with Crippen LogP contribution in [0.15, 0.2) is 0 Å². The first kappa shape index (κ1) is 15.4. The highest BCUT2D eigenvalue weighted by Crippen LogP contribution is 2.10. The van der Waals surface area contributed by atoms with Gasteiger partial charge in [-0.05, 0) is 19.3 Å². The fraction of sp³-hybridized carbons (Fsp3) is 0.750. The van der Waals surface area contributed by atoms with Gasteiger partial charge in [-0.25, -0.2) is 4.79 Å². The zero-order valence-corrected chi connectivity index (χ0v) is 10.8. The van der Waals surface area contributed by atoms with Crippen LogP contribution in [0, 0.1) is 5.92 Å². The molecule has 0 spiro atoms. The summed E-state index contributed by atoms with van der Waals surface area (Å²) in [5.41, 5.74) is 0. The summed E-state index contributed by atoms with van der Waals surface area (Å²) in [7, 11) is 0. The predicted octanol–water partition coefficient (Wildman–Crippen LogP) is 0.494. The fourth-order valence-corrected chi connectivity index (χ4v) is 1.78. The van der Waals surface area contributed by atoms with Crippen molar-refractivity contribution in [1.82, 2.24) is 10.6 Å². The van der Waals surface area contributed by atoms with Crippen molar-refractivity contribution in [2.45, 2.75) is 32.1 Å². The van der Waals surface area contributed by atoms with Crippen LogP contribution < -0.4 is 10.6 Å². The molecule has 3 N–H and O–H groups in total. The number of carboxylic acid groups (broad SMARTS) is 1. The lowest BCUT2D eigenvalue weighted by Gasteiger charge is -2.09. The normalized spacial score (nSPS) is 18.0. The van der Waals surface area contributed by atoms with E-state index >= 15 is 0 Å². The summed E-state index contributed by atoms with van der Waals surface area (Å²) < 4.78 is 5.17. The number of rotatable bonds is 7. The van der Waals surface area contributed by atoms with Gasteiger partial charge < -0.3 is 15.2 Å². The van der Waals surface area contributed by atoms with Crippen LogP contribution in [-0.4, -0.2) is 42.8 Å². The Morgan fingerprint density at radius 3 is 2.58 bits per heavy atom. The molecule has 7 nitrogen and oxygen atoms in total. The standard InChI is InChI=1S/C12H20N2O5/c15-10(3-1-2-4-11(16)17)14-12(18)13-7-9-5-6-19-8-9/h9H,1-8H2,(H,16,17)(H2,13,14,15,18). The molecular formula is C12H20N2O5. The first-order valence-electron chi connectivity index (χ1n) is 6.45. The number of carboxylic acids is 1. The van der Waals surface area contributed by atoms with Crippen LogP contribution in [0.1, 0.15) is 32.1 Å². The van der Waals surface area contributed by atoms with E-state index in [9.17, 15) is 14.4 Å². The second-order valence-electron chi connectivity index (χ2n) is 4.59. The summed E-state index contributed by atoms with van der Waals surface area (Å²) >= 11 is 0. The molecule has 1 rings (SSSR count). The van der Waals surface area contributed by atoms with Gasteiger partial charge in [-0.3, -0.25) is 14.9 Å². The van der Waals surface area contributed by atoms with E-state index in [4.69, 9.17) is 9.84 Å². The minimum Gasteiger partial charge on any atom is -0.481 e. The van der Waals surface area contributed by atoms with Crippen molar-refractivity contribution >= 4 is 17.9 Å². The molecule has 0 aromatic rings. The quantitative estimate of drug-likeness (QED) is 0.585. The van der Waals surface area contributed by atoms with Crippen LogP contribution in [0.3, 0.4) is 0 Å². The van der Waals surface area contributed by atoms with Crippen molar-refractivity contribution in [2.75, 3.05) is 19.8 Å². The summed E-state index contributed by atoms with van der Waals surface area (Å²) in [5, 5.41) is 13.3. The lowest BCUT2D eigenvalue weighted by atomic mass is 10.1. The summed E-state index contributed by atoms with van der Waals surface area (Å²) in [4.78, 5) is 33.0. The molecule has 1 fully saturated rings. The van der Waals surface area contributed by atoms with Crippen LogP contribution >= 0.6 is 0 Å². The third-order valence-electron chi connectivity index (χ3n) is 2.87. The monoisotopic (exact) mass is 272 g/mol. The van der Waals surface area contributed by atoms with E-state index in [1.54, 1.807) is 0 Å². The summed E-state index contributed by atoms with van der Waals surface area (Å²) in [6, 6.07) is -0.505. The Balaban J connectivity index is 2.03. The smallest absolute Gasteiger partial charge is 0.321 e. The van der Waals surface area contributed by atoms with Crippen LogP contribution in [0.2, 0.25) is 0 Å². The van der Waals surface area contributed by atoms with Gasteiger partial charge in [-0.2, -0.15) is 0 Å². The summed E-state index contributed by atoms with van der Waals surface area (Å²) in [5.74, 6) is -0.945. The second kappa shape index (κ2) is 8.47. The zero-order chi connectivity index (χ0) is 14.1. The van der Waals surface area contributed by atoms with Gasteiger partial charge in [0.1, 0.15) is 0 Å². The Morgan fingerprint density at radius 1 is 1.21 bits per heavy atom. The Hall–Kier alpha value is -1.63. The number of aliphatic carboxylic acids is 1. The number of hydrogen-bond acceptors (Lipinski definition) is 4. The van der Waals surface area contributed by atoms with Crippen LogP contribution in [0.5, 0.6) is 0 Å². The van der Waals surface area contributed by atoms with Gasteiger partial charge in [0, 0.05) is 31.9 Å². The molecule has 1 saturated heterocycles. The maximum Gasteiger partial charge on any atom is 0.321 e. The van der Waals surface area contributed by atoms with Crippen LogP contribution in [0.25, 0.3) is 0 Å². The molecule has 7 heteroatoms. The van der Waals surface area contributed by atoms with Crippen LogP contribution in [-0.2, 0) is 14.3 Å². The lowest BCUT2D eigenvalue weighted by Crippen LogP contribution is -2.41. The van der Waals surface area contributed by atoms with Gasteiger partial charge in [-0.1, -0.05) is 0 Å². The minimum atomic E-state index is -0.878. The van der Waals surface area contributed by atoms with Crippen molar-refractivity contribution in [3.05, 3.63) is 0 Å². The Labute approximate surface area is 111 Å². The summed E-state index contributed by atoms with van der Waals surface area (Å²) in [6.07, 6.45) is 2.02. The molecule has 3 amide bonds. The number of ether oxygens (including phenoxy) is 1. The zero-order valence-electron chi connectivity index (χ0n) is 10.8. The molecule has 1 aliphatic rings. The van der Waals surface area contributed by atoms with E-state index in [2.05, 4.69) is 10.6 Å². The number of unbranched alkanes of at least 4 members (excludes halogenated alkanes) is 1. The molecule has 0 radical (unpaired) electrons. The van der Waals surface area contributed by atoms with Gasteiger partial charge in [0.2, 0.25) is 5.91 Å². The number of nitrogens with one attached hydrogen (secondary N) is 2. The largest absolute Gasteiger partial charge is 0.481 e. The van der Waals surface area contributed by atoms with E-state index in [0.717, 1.165) is 13.0 Å². The fourth-order valence-electron chi connectivity index (χ4n) is 1.78. The number of amides is 3. The molecule has 1 heterocycles. The minimum absolute atomic E-state index is 0.0428. The number of carbonyl (C=O) groups excluding carboxylic acids is 2. The molecule has 19 heavy (non-hydrogen) atoms. The Morgan fingerprint density at radius 2 is 1.95 bits per heavy atom. The highest BCUT2D eigenvalue weighted by atomic mass is 16.5. The average Bonchev–Trinajstić information content (AvgIpc) is 2.85. The van der Waals surface area contributed by atoms with Gasteiger partial charge in [-0.15, -0.1) is 0 Å². The van der Waals surface area contributed by atoms with E-state index in [0.29, 0.717) is 31.9 Å². The van der Waals surface area contributed by atoms with Crippen LogP contribution in [0.4, 0.5) is 4.79 Å². The first-order chi connectivity index (χ1) is 9.08. The lowest BCUT2D eigenvalue weighted by molar-refractivity contribution is -0.137. The highest BCUT2D eigenvalue weighted by Gasteiger charge is 2.16. The number of carbonyl (C=O) groups is 3.